The second-order valence-electron chi connectivity index (χ2n) is 8.64. The predicted molar refractivity (Wildman–Crippen MR) is 175 cm³/mol. The number of benzene rings is 2. The predicted octanol–water partition coefficient (Wildman–Crippen LogP) is -1.60. The summed E-state index contributed by atoms with van der Waals surface area (Å²) in [6.07, 6.45) is 0. The van der Waals surface area contributed by atoms with Gasteiger partial charge >= 0.3 is 80.9 Å². The monoisotopic (exact) mass is 730 g/mol. The minimum absolute atomic E-state index is 0. The molecule has 2 aromatic carbocycles. The molecular weight excluding hydrogens is 678 g/mol. The van der Waals surface area contributed by atoms with E-state index in [1.54, 1.807) is 0 Å². The fraction of sp³-hybridized carbons (Fsp3) is 0.600. The maximum atomic E-state index is 10.2. The summed E-state index contributed by atoms with van der Waals surface area (Å²) in [6.45, 7) is 19.9. The van der Waals surface area contributed by atoms with Crippen molar-refractivity contribution in [3.63, 3.8) is 0 Å². The van der Waals surface area contributed by atoms with Crippen LogP contribution in [0.25, 0.3) is 0 Å². The van der Waals surface area contributed by atoms with Crippen molar-refractivity contribution >= 4 is 31.8 Å². The zero-order chi connectivity index (χ0) is 33.6. The number of hydrogen-bond donors (Lipinski definition) is 1. The van der Waals surface area contributed by atoms with E-state index in [0.717, 1.165) is 5.56 Å². The molecule has 252 valence electrons. The Labute approximate surface area is 343 Å². The third-order valence-corrected chi connectivity index (χ3v) is 7.27. The van der Waals surface area contributed by atoms with Gasteiger partial charge in [0, 0.05) is 5.88 Å². The van der Waals surface area contributed by atoms with Crippen molar-refractivity contribution in [3.8, 4) is 0 Å². The van der Waals surface area contributed by atoms with Crippen LogP contribution in [0, 0.1) is 0 Å². The van der Waals surface area contributed by atoms with Crippen LogP contribution in [0.3, 0.4) is 0 Å². The number of aliphatic hydroxyl groups is 1. The molecule has 0 aliphatic carbocycles. The van der Waals surface area contributed by atoms with Crippen LogP contribution in [0.1, 0.15) is 52.7 Å². The molecule has 0 aliphatic rings. The van der Waals surface area contributed by atoms with E-state index in [0.29, 0.717) is 12.5 Å². The van der Waals surface area contributed by atoms with E-state index in [4.69, 9.17) is 21.4 Å². The minimum atomic E-state index is -4.17. The smallest absolute Gasteiger partial charge is 0.748 e. The molecular formula is C30H53ClKN2NaO8S2. The number of aliphatic hydroxyl groups excluding tert-OH is 1. The molecule has 0 amide bonds. The summed E-state index contributed by atoms with van der Waals surface area (Å²) in [5.74, 6) is -0.548. The van der Waals surface area contributed by atoms with Crippen molar-refractivity contribution in [2.24, 2.45) is 0 Å². The molecule has 0 heterocycles. The Hall–Kier alpha value is 1.03. The summed E-state index contributed by atoms with van der Waals surface area (Å²) < 4.78 is 64.2. The molecule has 1 N–H and O–H groups in total. The Balaban J connectivity index is -0.000000152. The molecule has 45 heavy (non-hydrogen) atoms. The van der Waals surface area contributed by atoms with E-state index in [1.165, 1.54) is 44.8 Å². The van der Waals surface area contributed by atoms with Gasteiger partial charge in [-0.25, -0.2) is 16.8 Å². The van der Waals surface area contributed by atoms with E-state index < -0.39 is 38.3 Å². The van der Waals surface area contributed by atoms with Gasteiger partial charge in [0.25, 0.3) is 0 Å². The average Bonchev–Trinajstić information content (AvgIpc) is 2.98. The van der Waals surface area contributed by atoms with Gasteiger partial charge in [0.1, 0.15) is 0 Å². The van der Waals surface area contributed by atoms with Gasteiger partial charge in [-0.3, -0.25) is 0 Å². The molecule has 15 heteroatoms. The molecule has 10 nitrogen and oxygen atoms in total. The van der Waals surface area contributed by atoms with Gasteiger partial charge < -0.3 is 28.7 Å². The number of hydrogen-bond acceptors (Lipinski definition) is 10. The Morgan fingerprint density at radius 3 is 1.20 bits per heavy atom. The van der Waals surface area contributed by atoms with Crippen LogP contribution in [0.2, 0.25) is 0 Å². The molecule has 0 saturated carbocycles. The van der Waals surface area contributed by atoms with Crippen LogP contribution in [-0.2, 0) is 37.5 Å². The van der Waals surface area contributed by atoms with Crippen molar-refractivity contribution in [3.05, 3.63) is 71.8 Å². The molecule has 0 unspecified atom stereocenters. The first kappa shape index (κ1) is 55.4. The van der Waals surface area contributed by atoms with Gasteiger partial charge in [-0.1, -0.05) is 102 Å². The zero-order valence-electron chi connectivity index (χ0n) is 28.7. The van der Waals surface area contributed by atoms with Gasteiger partial charge in [0.05, 0.1) is 51.6 Å². The topological polar surface area (TPSA) is 150 Å². The first-order chi connectivity index (χ1) is 20.3. The minimum Gasteiger partial charge on any atom is -0.748 e. The first-order valence-corrected chi connectivity index (χ1v) is 18.1. The molecule has 0 fully saturated rings. The summed E-state index contributed by atoms with van der Waals surface area (Å²) in [5, 5.41) is 7.82. The largest absolute Gasteiger partial charge is 1.00 e. The third kappa shape index (κ3) is 45.0. The molecule has 0 saturated heterocycles. The Kier molecular flexibility index (Phi) is 46.6. The zero-order valence-corrected chi connectivity index (χ0v) is 36.2. The van der Waals surface area contributed by atoms with Crippen molar-refractivity contribution in [1.29, 1.82) is 0 Å². The normalized spacial score (nSPS) is 10.2. The first-order valence-electron chi connectivity index (χ1n) is 14.4. The van der Waals surface area contributed by atoms with Crippen LogP contribution in [0.15, 0.2) is 60.7 Å². The summed E-state index contributed by atoms with van der Waals surface area (Å²) in [6, 6.07) is 19.3. The second-order valence-corrected chi connectivity index (χ2v) is 12.0. The number of nitrogens with zero attached hydrogens (tertiary/aromatic N) is 2. The molecule has 2 aromatic rings. The molecule has 0 spiro atoms. The van der Waals surface area contributed by atoms with Gasteiger partial charge in [-0.05, 0) is 50.4 Å². The van der Waals surface area contributed by atoms with Crippen LogP contribution in [-0.4, -0.2) is 105 Å². The molecule has 0 bridgehead atoms. The van der Waals surface area contributed by atoms with E-state index in [2.05, 4.69) is 51.3 Å². The van der Waals surface area contributed by atoms with Crippen molar-refractivity contribution in [2.45, 2.75) is 54.0 Å². The quantitative estimate of drug-likeness (QED) is 0.104. The maximum absolute atomic E-state index is 10.2. The van der Waals surface area contributed by atoms with E-state index in [-0.39, 0.29) is 87.5 Å². The summed E-state index contributed by atoms with van der Waals surface area (Å²) >= 11 is 5.53. The van der Waals surface area contributed by atoms with Crippen molar-refractivity contribution in [1.82, 2.24) is 9.80 Å². The van der Waals surface area contributed by atoms with E-state index in [9.17, 15) is 25.9 Å². The molecule has 0 aliphatic heterocycles. The summed E-state index contributed by atoms with van der Waals surface area (Å²) in [4.78, 5) is 4.75. The van der Waals surface area contributed by atoms with Crippen LogP contribution in [0.4, 0.5) is 0 Å². The van der Waals surface area contributed by atoms with E-state index in [1.807, 2.05) is 60.7 Å². The third-order valence-electron chi connectivity index (χ3n) is 5.61. The molecule has 0 aromatic heterocycles. The SMILES string of the molecule is CCN(CC)CC.CCN(CC)CC.ClCc1ccccc1.O=S(=O)([O-])CCO.O=S(=O)([O-])CCOCc1ccccc1.[K+].[Na+]. The van der Waals surface area contributed by atoms with Crippen LogP contribution >= 0.6 is 11.6 Å². The number of halogens is 1. The average molecular weight is 731 g/mol. The maximum Gasteiger partial charge on any atom is 1.00 e. The van der Waals surface area contributed by atoms with E-state index >= 15 is 0 Å². The Morgan fingerprint density at radius 2 is 1.00 bits per heavy atom. The molecule has 0 atom stereocenters. The van der Waals surface area contributed by atoms with Gasteiger partial charge in [-0.15, -0.1) is 11.6 Å². The summed E-state index contributed by atoms with van der Waals surface area (Å²) in [5.41, 5.74) is 2.13. The number of alkyl halides is 1. The second kappa shape index (κ2) is 37.8. The Morgan fingerprint density at radius 1 is 0.667 bits per heavy atom. The van der Waals surface area contributed by atoms with Crippen molar-refractivity contribution in [2.75, 3.05) is 64.0 Å². The molecule has 0 radical (unpaired) electrons. The van der Waals surface area contributed by atoms with Crippen LogP contribution in [0.5, 0.6) is 0 Å². The summed E-state index contributed by atoms with van der Waals surface area (Å²) in [7, 11) is -8.33. The van der Waals surface area contributed by atoms with Gasteiger partial charge in [0.2, 0.25) is 0 Å². The number of rotatable bonds is 14. The van der Waals surface area contributed by atoms with Crippen molar-refractivity contribution < 1.29 is 117 Å². The fourth-order valence-corrected chi connectivity index (χ4v) is 3.67. The fourth-order valence-electron chi connectivity index (χ4n) is 2.95. The number of ether oxygens (including phenoxy) is 1. The van der Waals surface area contributed by atoms with Gasteiger partial charge in [-0.2, -0.15) is 0 Å². The Bertz CT molecular complexity index is 1040. The van der Waals surface area contributed by atoms with Gasteiger partial charge in [0.15, 0.2) is 0 Å². The van der Waals surface area contributed by atoms with Crippen LogP contribution < -0.4 is 80.9 Å². The standard InChI is InChI=1S/C9H12O4S.C7H7Cl.2C6H15N.C2H6O4S.K.Na/c10-14(11,12)7-6-13-8-9-4-2-1-3-5-9;8-6-7-4-2-1-3-5-7;2*1-4-7(5-2)6-3;3-1-2-7(4,5)6;;/h1-5H,6-8H2,(H,10,11,12);1-5H,6H2;2*4-6H2,1-3H3;3H,1-2H2,(H,4,5,6);;/q;;;;;2*+1/p-2. The molecule has 2 rings (SSSR count).